The van der Waals surface area contributed by atoms with Gasteiger partial charge in [0.15, 0.2) is 0 Å². The lowest BCUT2D eigenvalue weighted by Gasteiger charge is -2.23. The zero-order chi connectivity index (χ0) is 14.3. The summed E-state index contributed by atoms with van der Waals surface area (Å²) in [5, 5.41) is 25.6. The van der Waals surface area contributed by atoms with Crippen molar-refractivity contribution in [2.45, 2.75) is 12.8 Å². The number of fused-ring (bicyclic) bond motifs is 1. The minimum absolute atomic E-state index is 0.0598. The van der Waals surface area contributed by atoms with E-state index in [-0.39, 0.29) is 17.6 Å². The van der Waals surface area contributed by atoms with Crippen LogP contribution in [0.5, 0.6) is 11.6 Å². The van der Waals surface area contributed by atoms with Gasteiger partial charge in [-0.15, -0.1) is 5.10 Å². The number of nitrogens with zero attached hydrogens (tertiary/aromatic N) is 2. The fourth-order valence-electron chi connectivity index (χ4n) is 2.40. The third kappa shape index (κ3) is 1.68. The van der Waals surface area contributed by atoms with Gasteiger partial charge in [0.05, 0.1) is 5.92 Å². The number of hydrogen-bond acceptors (Lipinski definition) is 5. The largest absolute Gasteiger partial charge is 0.508 e. The summed E-state index contributed by atoms with van der Waals surface area (Å²) >= 11 is 0. The first kappa shape index (κ1) is 12.1. The molecular weight excluding hydrogens is 256 g/mol. The number of hydrogen-bond donors (Lipinski definition) is 3. The molecule has 1 aromatic carbocycles. The normalized spacial score (nSPS) is 17.3. The number of phenols is 1. The molecule has 0 unspecified atom stereocenters. The van der Waals surface area contributed by atoms with Gasteiger partial charge in [-0.05, 0) is 24.6 Å². The van der Waals surface area contributed by atoms with Crippen LogP contribution in [0.4, 0.5) is 0 Å². The van der Waals surface area contributed by atoms with E-state index in [1.54, 1.807) is 24.3 Å². The second kappa shape index (κ2) is 4.31. The maximum Gasteiger partial charge on any atom is 0.244 e. The number of nitriles is 1. The van der Waals surface area contributed by atoms with E-state index >= 15 is 0 Å². The maximum absolute atomic E-state index is 9.40. The van der Waals surface area contributed by atoms with E-state index in [2.05, 4.69) is 16.3 Å². The highest BCUT2D eigenvalue weighted by atomic mass is 16.5. The third-order valence-corrected chi connectivity index (χ3v) is 3.36. The van der Waals surface area contributed by atoms with Crippen molar-refractivity contribution in [1.29, 1.82) is 5.26 Å². The van der Waals surface area contributed by atoms with Crippen molar-refractivity contribution in [3.63, 3.8) is 0 Å². The van der Waals surface area contributed by atoms with Gasteiger partial charge in [0.25, 0.3) is 0 Å². The molecule has 6 nitrogen and oxygen atoms in total. The number of H-pyrrole nitrogens is 1. The molecule has 0 fully saturated rings. The van der Waals surface area contributed by atoms with Crippen LogP contribution in [0.1, 0.15) is 22.7 Å². The van der Waals surface area contributed by atoms with Crippen molar-refractivity contribution >= 4 is 0 Å². The van der Waals surface area contributed by atoms with E-state index in [1.807, 2.05) is 6.92 Å². The lowest BCUT2D eigenvalue weighted by molar-refractivity contribution is 0.378. The number of aromatic amines is 1. The molecule has 2 heterocycles. The number of benzene rings is 1. The number of nitrogens with two attached hydrogens (primary N) is 1. The van der Waals surface area contributed by atoms with Gasteiger partial charge < -0.3 is 15.6 Å². The summed E-state index contributed by atoms with van der Waals surface area (Å²) in [6.45, 7) is 1.86. The van der Waals surface area contributed by atoms with Crippen molar-refractivity contribution < 1.29 is 9.84 Å². The molecule has 0 aliphatic carbocycles. The zero-order valence-corrected chi connectivity index (χ0v) is 10.7. The van der Waals surface area contributed by atoms with Gasteiger partial charge in [-0.3, -0.25) is 5.10 Å². The highest BCUT2D eigenvalue weighted by molar-refractivity contribution is 5.55. The quantitative estimate of drug-likeness (QED) is 0.728. The number of allylic oxidation sites excluding steroid dienone is 1. The van der Waals surface area contributed by atoms with Gasteiger partial charge in [0, 0.05) is 11.3 Å². The van der Waals surface area contributed by atoms with Crippen LogP contribution in [0.3, 0.4) is 0 Å². The van der Waals surface area contributed by atoms with Crippen LogP contribution in [0.15, 0.2) is 35.7 Å². The average molecular weight is 268 g/mol. The predicted octanol–water partition coefficient (Wildman–Crippen LogP) is 1.64. The lowest BCUT2D eigenvalue weighted by Crippen LogP contribution is -2.20. The first-order chi connectivity index (χ1) is 9.61. The highest BCUT2D eigenvalue weighted by Crippen LogP contribution is 2.42. The van der Waals surface area contributed by atoms with E-state index in [9.17, 15) is 10.4 Å². The Kier molecular flexibility index (Phi) is 2.61. The molecule has 1 atom stereocenters. The molecule has 0 spiro atoms. The standard InChI is InChI=1S/C14H12N4O2/c1-7-11-12(8-2-4-9(19)5-3-8)10(6-15)13(16)20-14(11)18-17-7/h2-5,12,19H,16H2,1H3,(H,17,18)/t12-/m0/s1. The van der Waals surface area contributed by atoms with Gasteiger partial charge in [-0.2, -0.15) is 5.26 Å². The van der Waals surface area contributed by atoms with Crippen molar-refractivity contribution in [2.75, 3.05) is 0 Å². The molecule has 1 aliphatic rings. The molecule has 3 rings (SSSR count). The second-order valence-corrected chi connectivity index (χ2v) is 4.58. The topological polar surface area (TPSA) is 108 Å². The highest BCUT2D eigenvalue weighted by Gasteiger charge is 2.33. The second-order valence-electron chi connectivity index (χ2n) is 4.58. The van der Waals surface area contributed by atoms with Crippen molar-refractivity contribution in [3.8, 4) is 17.7 Å². The summed E-state index contributed by atoms with van der Waals surface area (Å²) in [6.07, 6.45) is 0. The van der Waals surface area contributed by atoms with Gasteiger partial charge in [-0.1, -0.05) is 12.1 Å². The van der Waals surface area contributed by atoms with Gasteiger partial charge in [0.1, 0.15) is 17.4 Å². The average Bonchev–Trinajstić information content (AvgIpc) is 2.79. The van der Waals surface area contributed by atoms with Crippen LogP contribution in [0.25, 0.3) is 0 Å². The molecule has 100 valence electrons. The molecule has 6 heteroatoms. The molecule has 2 aromatic rings. The van der Waals surface area contributed by atoms with Crippen LogP contribution in [0, 0.1) is 18.3 Å². The summed E-state index contributed by atoms with van der Waals surface area (Å²) in [5.74, 6) is 0.269. The van der Waals surface area contributed by atoms with Crippen LogP contribution in [-0.2, 0) is 0 Å². The SMILES string of the molecule is Cc1[nH]nc2c1[C@@H](c1ccc(O)cc1)C(C#N)=C(N)O2. The zero-order valence-electron chi connectivity index (χ0n) is 10.7. The summed E-state index contributed by atoms with van der Waals surface area (Å²) in [7, 11) is 0. The Bertz CT molecular complexity index is 738. The minimum atomic E-state index is -0.344. The first-order valence-corrected chi connectivity index (χ1v) is 6.03. The molecule has 0 bridgehead atoms. The monoisotopic (exact) mass is 268 g/mol. The van der Waals surface area contributed by atoms with Crippen molar-refractivity contribution in [1.82, 2.24) is 10.2 Å². The number of rotatable bonds is 1. The molecular formula is C14H12N4O2. The molecule has 1 aromatic heterocycles. The van der Waals surface area contributed by atoms with Gasteiger partial charge >= 0.3 is 0 Å². The van der Waals surface area contributed by atoms with Crippen molar-refractivity contribution in [2.24, 2.45) is 5.73 Å². The molecule has 0 saturated heterocycles. The number of phenolic OH excluding ortho intramolecular Hbond substituents is 1. The van der Waals surface area contributed by atoms with Crippen LogP contribution < -0.4 is 10.5 Å². The molecule has 0 radical (unpaired) electrons. The summed E-state index contributed by atoms with van der Waals surface area (Å²) in [5.41, 5.74) is 8.60. The molecule has 1 aliphatic heterocycles. The van der Waals surface area contributed by atoms with Crippen LogP contribution >= 0.6 is 0 Å². The summed E-state index contributed by atoms with van der Waals surface area (Å²) in [4.78, 5) is 0. The van der Waals surface area contributed by atoms with E-state index in [1.165, 1.54) is 0 Å². The van der Waals surface area contributed by atoms with E-state index < -0.39 is 0 Å². The molecule has 4 N–H and O–H groups in total. The number of ether oxygens (including phenoxy) is 1. The van der Waals surface area contributed by atoms with E-state index in [0.29, 0.717) is 11.5 Å². The fraction of sp³-hybridized carbons (Fsp3) is 0.143. The Labute approximate surface area is 115 Å². The Morgan fingerprint density at radius 2 is 2.10 bits per heavy atom. The Morgan fingerprint density at radius 3 is 2.75 bits per heavy atom. The molecule has 0 amide bonds. The van der Waals surface area contributed by atoms with Gasteiger partial charge in [-0.25, -0.2) is 0 Å². The first-order valence-electron chi connectivity index (χ1n) is 6.03. The summed E-state index contributed by atoms with van der Waals surface area (Å²) < 4.78 is 5.37. The van der Waals surface area contributed by atoms with Crippen LogP contribution in [-0.4, -0.2) is 15.3 Å². The van der Waals surface area contributed by atoms with E-state index in [0.717, 1.165) is 16.8 Å². The van der Waals surface area contributed by atoms with E-state index in [4.69, 9.17) is 10.5 Å². The fourth-order valence-corrected chi connectivity index (χ4v) is 2.40. The Hall–Kier alpha value is -2.94. The lowest BCUT2D eigenvalue weighted by atomic mass is 9.84. The smallest absolute Gasteiger partial charge is 0.244 e. The molecule has 0 saturated carbocycles. The number of nitrogens with one attached hydrogen (secondary N) is 1. The summed E-state index contributed by atoms with van der Waals surface area (Å²) in [6, 6.07) is 8.76. The van der Waals surface area contributed by atoms with Crippen molar-refractivity contribution in [3.05, 3.63) is 52.5 Å². The number of aromatic nitrogens is 2. The maximum atomic E-state index is 9.40. The third-order valence-electron chi connectivity index (χ3n) is 3.36. The van der Waals surface area contributed by atoms with Crippen LogP contribution in [0.2, 0.25) is 0 Å². The number of aromatic hydroxyl groups is 1. The predicted molar refractivity (Wildman–Crippen MR) is 70.7 cm³/mol. The minimum Gasteiger partial charge on any atom is -0.508 e. The molecule has 20 heavy (non-hydrogen) atoms. The Morgan fingerprint density at radius 1 is 1.40 bits per heavy atom. The van der Waals surface area contributed by atoms with Gasteiger partial charge in [0.2, 0.25) is 11.8 Å². The Balaban J connectivity index is 2.22. The number of aryl methyl sites for hydroxylation is 1.